The first-order valence-corrected chi connectivity index (χ1v) is 12.9. The molecule has 4 aromatic rings. The van der Waals surface area contributed by atoms with Gasteiger partial charge in [-0.2, -0.15) is 4.31 Å². The van der Waals surface area contributed by atoms with Crippen LogP contribution in [0.15, 0.2) is 68.8 Å². The summed E-state index contributed by atoms with van der Waals surface area (Å²) in [5.41, 5.74) is 0.800. The fourth-order valence-electron chi connectivity index (χ4n) is 3.75. The third kappa shape index (κ3) is 3.80. The van der Waals surface area contributed by atoms with Crippen molar-refractivity contribution in [3.63, 3.8) is 0 Å². The number of amides is 1. The van der Waals surface area contributed by atoms with Crippen LogP contribution < -0.4 is 4.90 Å². The number of thiophene rings is 1. The molecule has 0 N–H and O–H groups in total. The first-order valence-electron chi connectivity index (χ1n) is 9.79. The highest BCUT2D eigenvalue weighted by atomic mass is 32.2. The molecule has 10 heteroatoms. The number of rotatable bonds is 6. The van der Waals surface area contributed by atoms with E-state index < -0.39 is 16.1 Å². The molecule has 0 spiro atoms. The summed E-state index contributed by atoms with van der Waals surface area (Å²) < 4.78 is 34.4. The zero-order valence-electron chi connectivity index (χ0n) is 16.4. The highest BCUT2D eigenvalue weighted by molar-refractivity contribution is 7.91. The Hall–Kier alpha value is -2.53. The van der Waals surface area contributed by atoms with Gasteiger partial charge in [-0.3, -0.25) is 9.69 Å². The Morgan fingerprint density at radius 2 is 2.06 bits per heavy atom. The van der Waals surface area contributed by atoms with Gasteiger partial charge in [0.1, 0.15) is 16.0 Å². The molecule has 1 saturated heterocycles. The molecule has 31 heavy (non-hydrogen) atoms. The summed E-state index contributed by atoms with van der Waals surface area (Å²) in [5, 5.41) is 2.26. The minimum atomic E-state index is -3.73. The number of furan rings is 1. The van der Waals surface area contributed by atoms with Crippen molar-refractivity contribution in [2.75, 3.05) is 11.4 Å². The van der Waals surface area contributed by atoms with Crippen LogP contribution in [-0.2, 0) is 21.4 Å². The van der Waals surface area contributed by atoms with Crippen molar-refractivity contribution in [3.05, 3.63) is 65.9 Å². The number of benzene rings is 1. The summed E-state index contributed by atoms with van der Waals surface area (Å²) in [4.78, 5) is 19.9. The highest BCUT2D eigenvalue weighted by Gasteiger charge is 2.42. The van der Waals surface area contributed by atoms with Crippen molar-refractivity contribution in [2.24, 2.45) is 0 Å². The van der Waals surface area contributed by atoms with E-state index in [0.29, 0.717) is 30.3 Å². The standard InChI is InChI=1S/C21H19N3O4S3/c25-20(17-8-3-11-24(17)31(26,27)19-10-5-13-29-19)23(14-15-6-4-12-28-15)21-22-16-7-1-2-9-18(16)30-21/h1-2,4-7,9-10,12-13,17H,3,8,11,14H2. The zero-order chi connectivity index (χ0) is 21.4. The second-order valence-corrected chi connectivity index (χ2v) is 11.2. The van der Waals surface area contributed by atoms with E-state index in [9.17, 15) is 13.2 Å². The van der Waals surface area contributed by atoms with Crippen LogP contribution in [0.5, 0.6) is 0 Å². The molecule has 1 amide bonds. The van der Waals surface area contributed by atoms with Gasteiger partial charge >= 0.3 is 0 Å². The van der Waals surface area contributed by atoms with Gasteiger partial charge in [0.2, 0.25) is 5.91 Å². The maximum atomic E-state index is 13.7. The van der Waals surface area contributed by atoms with Crippen LogP contribution in [0.3, 0.4) is 0 Å². The fourth-order valence-corrected chi connectivity index (χ4v) is 7.49. The zero-order valence-corrected chi connectivity index (χ0v) is 18.8. The number of carbonyl (C=O) groups excluding carboxylic acids is 1. The van der Waals surface area contributed by atoms with E-state index in [1.54, 1.807) is 40.8 Å². The molecule has 1 atom stereocenters. The van der Waals surface area contributed by atoms with E-state index in [4.69, 9.17) is 4.42 Å². The average Bonchev–Trinajstić information content (AvgIpc) is 3.57. The van der Waals surface area contributed by atoms with Gasteiger partial charge in [-0.15, -0.1) is 11.3 Å². The van der Waals surface area contributed by atoms with Crippen molar-refractivity contribution in [2.45, 2.75) is 29.6 Å². The van der Waals surface area contributed by atoms with Gasteiger partial charge in [-0.25, -0.2) is 13.4 Å². The first-order chi connectivity index (χ1) is 15.0. The lowest BCUT2D eigenvalue weighted by molar-refractivity contribution is -0.121. The van der Waals surface area contributed by atoms with Gasteiger partial charge in [0.15, 0.2) is 5.13 Å². The number of carbonyl (C=O) groups is 1. The molecule has 1 unspecified atom stereocenters. The van der Waals surface area contributed by atoms with Crippen LogP contribution in [0.25, 0.3) is 10.2 Å². The Bertz CT molecular complexity index is 1260. The molecule has 4 heterocycles. The van der Waals surface area contributed by atoms with E-state index in [1.807, 2.05) is 24.3 Å². The first kappa shape index (κ1) is 20.4. The smallest absolute Gasteiger partial charge is 0.253 e. The number of aromatic nitrogens is 1. The summed E-state index contributed by atoms with van der Waals surface area (Å²) in [6, 6.07) is 13.7. The predicted octanol–water partition coefficient (Wildman–Crippen LogP) is 4.34. The monoisotopic (exact) mass is 473 g/mol. The molecule has 5 rings (SSSR count). The molecule has 160 valence electrons. The number of hydrogen-bond acceptors (Lipinski definition) is 7. The van der Waals surface area contributed by atoms with Gasteiger partial charge in [-0.05, 0) is 48.6 Å². The second-order valence-electron chi connectivity index (χ2n) is 7.17. The molecule has 1 fully saturated rings. The Morgan fingerprint density at radius 1 is 1.19 bits per heavy atom. The molecular formula is C21H19N3O4S3. The summed E-state index contributed by atoms with van der Waals surface area (Å²) >= 11 is 2.57. The number of anilines is 1. The van der Waals surface area contributed by atoms with E-state index in [-0.39, 0.29) is 16.7 Å². The molecule has 0 aliphatic carbocycles. The number of para-hydroxylation sites is 1. The van der Waals surface area contributed by atoms with E-state index in [1.165, 1.54) is 15.6 Å². The number of hydrogen-bond donors (Lipinski definition) is 0. The van der Waals surface area contributed by atoms with Crippen LogP contribution in [-0.4, -0.2) is 36.2 Å². The summed E-state index contributed by atoms with van der Waals surface area (Å²) in [7, 11) is -3.73. The van der Waals surface area contributed by atoms with Crippen LogP contribution in [0.2, 0.25) is 0 Å². The number of sulfonamides is 1. The molecule has 3 aromatic heterocycles. The summed E-state index contributed by atoms with van der Waals surface area (Å²) in [5.74, 6) is 0.325. The van der Waals surface area contributed by atoms with E-state index in [2.05, 4.69) is 4.98 Å². The Morgan fingerprint density at radius 3 is 2.81 bits per heavy atom. The maximum Gasteiger partial charge on any atom is 0.253 e. The van der Waals surface area contributed by atoms with Crippen LogP contribution >= 0.6 is 22.7 Å². The van der Waals surface area contributed by atoms with Crippen LogP contribution in [0.1, 0.15) is 18.6 Å². The van der Waals surface area contributed by atoms with Crippen molar-refractivity contribution in [1.82, 2.24) is 9.29 Å². The molecule has 0 bridgehead atoms. The molecule has 0 saturated carbocycles. The third-order valence-corrected chi connectivity index (χ3v) is 9.56. The fraction of sp³-hybridized carbons (Fsp3) is 0.238. The summed E-state index contributed by atoms with van der Waals surface area (Å²) in [6.45, 7) is 0.514. The Labute approximate surface area is 187 Å². The van der Waals surface area contributed by atoms with E-state index >= 15 is 0 Å². The molecule has 0 radical (unpaired) electrons. The van der Waals surface area contributed by atoms with Crippen molar-refractivity contribution in [3.8, 4) is 0 Å². The minimum absolute atomic E-state index is 0.190. The molecule has 1 aliphatic heterocycles. The van der Waals surface area contributed by atoms with E-state index in [0.717, 1.165) is 21.6 Å². The molecular weight excluding hydrogens is 454 g/mol. The number of fused-ring (bicyclic) bond motifs is 1. The average molecular weight is 474 g/mol. The normalized spacial score (nSPS) is 17.4. The lowest BCUT2D eigenvalue weighted by atomic mass is 10.2. The summed E-state index contributed by atoms with van der Waals surface area (Å²) in [6.07, 6.45) is 2.66. The number of nitrogens with zero attached hydrogens (tertiary/aromatic N) is 3. The van der Waals surface area contributed by atoms with Gasteiger partial charge < -0.3 is 4.42 Å². The molecule has 1 aliphatic rings. The Kier molecular flexibility index (Phi) is 5.39. The van der Waals surface area contributed by atoms with Crippen molar-refractivity contribution in [1.29, 1.82) is 0 Å². The quantitative estimate of drug-likeness (QED) is 0.416. The molecule has 1 aromatic carbocycles. The van der Waals surface area contributed by atoms with Gasteiger partial charge in [0.05, 0.1) is 23.0 Å². The van der Waals surface area contributed by atoms with Crippen molar-refractivity contribution < 1.29 is 17.6 Å². The largest absolute Gasteiger partial charge is 0.467 e. The maximum absolute atomic E-state index is 13.7. The van der Waals surface area contributed by atoms with Crippen LogP contribution in [0.4, 0.5) is 5.13 Å². The SMILES string of the molecule is O=C(C1CCCN1S(=O)(=O)c1cccs1)N(Cc1ccco1)c1nc2ccccc2s1. The third-order valence-electron chi connectivity index (χ3n) is 5.22. The van der Waals surface area contributed by atoms with Gasteiger partial charge in [-0.1, -0.05) is 29.5 Å². The predicted molar refractivity (Wildman–Crippen MR) is 121 cm³/mol. The lowest BCUT2D eigenvalue weighted by Crippen LogP contribution is -2.47. The number of thiazole rings is 1. The lowest BCUT2D eigenvalue weighted by Gasteiger charge is -2.27. The Balaban J connectivity index is 1.51. The minimum Gasteiger partial charge on any atom is -0.467 e. The van der Waals surface area contributed by atoms with Gasteiger partial charge in [0, 0.05) is 6.54 Å². The highest BCUT2D eigenvalue weighted by Crippen LogP contribution is 2.34. The molecule has 7 nitrogen and oxygen atoms in total. The second kappa shape index (κ2) is 8.19. The topological polar surface area (TPSA) is 83.7 Å². The van der Waals surface area contributed by atoms with Crippen molar-refractivity contribution >= 4 is 54.0 Å². The van der Waals surface area contributed by atoms with Gasteiger partial charge in [0.25, 0.3) is 10.0 Å². The van der Waals surface area contributed by atoms with Crippen LogP contribution in [0, 0.1) is 0 Å².